The van der Waals surface area contributed by atoms with Crippen LogP contribution in [0.2, 0.25) is 0 Å². The Balaban J connectivity index is 1.62. The van der Waals surface area contributed by atoms with Crippen molar-refractivity contribution in [2.45, 2.75) is 6.54 Å². The van der Waals surface area contributed by atoms with Gasteiger partial charge in [0.1, 0.15) is 18.0 Å². The first-order chi connectivity index (χ1) is 12.2. The van der Waals surface area contributed by atoms with E-state index in [1.165, 1.54) is 4.90 Å². The minimum absolute atomic E-state index is 0.0223. The summed E-state index contributed by atoms with van der Waals surface area (Å²) in [6, 6.07) is 11.3. The molecule has 0 saturated carbocycles. The standard InChI is InChI=1S/C19H23N3O3/c1-24-17-11-15(12-18(13-17)25-2)19(23)22-9-7-21(8-10-22)14-16-5-3-4-6-20-16/h3-6,11-13H,7-10,14H2,1-2H3/p+1. The number of ether oxygens (including phenoxy) is 2. The maximum atomic E-state index is 12.8. The number of nitrogens with zero attached hydrogens (tertiary/aromatic N) is 2. The molecular weight excluding hydrogens is 318 g/mol. The second-order valence-corrected chi connectivity index (χ2v) is 6.14. The second-order valence-electron chi connectivity index (χ2n) is 6.14. The largest absolute Gasteiger partial charge is 0.497 e. The first-order valence-corrected chi connectivity index (χ1v) is 8.45. The fraction of sp³-hybridized carbons (Fsp3) is 0.368. The molecule has 3 rings (SSSR count). The van der Waals surface area contributed by atoms with Gasteiger partial charge in [-0.1, -0.05) is 6.07 Å². The molecule has 1 aromatic carbocycles. The van der Waals surface area contributed by atoms with E-state index in [4.69, 9.17) is 9.47 Å². The molecule has 132 valence electrons. The summed E-state index contributed by atoms with van der Waals surface area (Å²) in [6.07, 6.45) is 1.82. The van der Waals surface area contributed by atoms with Crippen LogP contribution >= 0.6 is 0 Å². The SMILES string of the molecule is COc1cc(OC)cc(C(=O)N2CC[NH+](Cc3ccccn3)CC2)c1. The number of carbonyl (C=O) groups is 1. The number of pyridine rings is 1. The summed E-state index contributed by atoms with van der Waals surface area (Å²) in [6.45, 7) is 4.21. The molecule has 0 bridgehead atoms. The zero-order valence-corrected chi connectivity index (χ0v) is 14.7. The van der Waals surface area contributed by atoms with Crippen molar-refractivity contribution in [1.29, 1.82) is 0 Å². The Kier molecular flexibility index (Phi) is 5.50. The topological polar surface area (TPSA) is 56.1 Å². The zero-order valence-electron chi connectivity index (χ0n) is 14.7. The summed E-state index contributed by atoms with van der Waals surface area (Å²) >= 11 is 0. The van der Waals surface area contributed by atoms with Crippen molar-refractivity contribution < 1.29 is 19.2 Å². The number of methoxy groups -OCH3 is 2. The Morgan fingerprint density at radius 3 is 2.36 bits per heavy atom. The quantitative estimate of drug-likeness (QED) is 0.866. The Bertz CT molecular complexity index is 691. The normalized spacial score (nSPS) is 15.0. The van der Waals surface area contributed by atoms with Gasteiger partial charge in [-0.15, -0.1) is 0 Å². The number of hydrogen-bond donors (Lipinski definition) is 1. The molecule has 1 N–H and O–H groups in total. The van der Waals surface area contributed by atoms with Crippen molar-refractivity contribution in [1.82, 2.24) is 9.88 Å². The van der Waals surface area contributed by atoms with Crippen LogP contribution in [0.15, 0.2) is 42.6 Å². The van der Waals surface area contributed by atoms with Gasteiger partial charge in [-0.2, -0.15) is 0 Å². The molecule has 0 aliphatic carbocycles. The van der Waals surface area contributed by atoms with E-state index in [0.29, 0.717) is 17.1 Å². The molecule has 1 aromatic heterocycles. The molecule has 2 heterocycles. The second kappa shape index (κ2) is 7.98. The lowest BCUT2D eigenvalue weighted by Gasteiger charge is -2.32. The van der Waals surface area contributed by atoms with Crippen molar-refractivity contribution in [2.75, 3.05) is 40.4 Å². The molecule has 0 atom stereocenters. The van der Waals surface area contributed by atoms with Gasteiger partial charge in [0.25, 0.3) is 5.91 Å². The Hall–Kier alpha value is -2.60. The number of benzene rings is 1. The van der Waals surface area contributed by atoms with Crippen LogP contribution in [0.4, 0.5) is 0 Å². The van der Waals surface area contributed by atoms with Crippen LogP contribution in [0.3, 0.4) is 0 Å². The van der Waals surface area contributed by atoms with Gasteiger partial charge in [0.15, 0.2) is 0 Å². The molecule has 1 aliphatic heterocycles. The van der Waals surface area contributed by atoms with E-state index in [-0.39, 0.29) is 5.91 Å². The summed E-state index contributed by atoms with van der Waals surface area (Å²) in [5, 5.41) is 0. The predicted octanol–water partition coefficient (Wildman–Crippen LogP) is 0.640. The smallest absolute Gasteiger partial charge is 0.254 e. The van der Waals surface area contributed by atoms with Crippen molar-refractivity contribution >= 4 is 5.91 Å². The lowest BCUT2D eigenvalue weighted by atomic mass is 10.1. The van der Waals surface area contributed by atoms with E-state index in [9.17, 15) is 4.79 Å². The number of quaternary nitrogens is 1. The van der Waals surface area contributed by atoms with Gasteiger partial charge >= 0.3 is 0 Å². The van der Waals surface area contributed by atoms with Crippen LogP contribution in [0, 0.1) is 0 Å². The van der Waals surface area contributed by atoms with E-state index < -0.39 is 0 Å². The maximum Gasteiger partial charge on any atom is 0.254 e. The molecule has 1 amide bonds. The van der Waals surface area contributed by atoms with Crippen molar-refractivity contribution in [2.24, 2.45) is 0 Å². The summed E-state index contributed by atoms with van der Waals surface area (Å²) in [5.41, 5.74) is 1.69. The first-order valence-electron chi connectivity index (χ1n) is 8.45. The van der Waals surface area contributed by atoms with Crippen LogP contribution in [-0.2, 0) is 6.54 Å². The number of hydrogen-bond acceptors (Lipinski definition) is 4. The highest BCUT2D eigenvalue weighted by atomic mass is 16.5. The van der Waals surface area contributed by atoms with Crippen molar-refractivity contribution in [3.05, 3.63) is 53.9 Å². The van der Waals surface area contributed by atoms with E-state index >= 15 is 0 Å². The number of aromatic nitrogens is 1. The highest BCUT2D eigenvalue weighted by molar-refractivity contribution is 5.95. The number of nitrogens with one attached hydrogen (secondary N) is 1. The average molecular weight is 342 g/mol. The number of rotatable bonds is 5. The van der Waals surface area contributed by atoms with Gasteiger partial charge < -0.3 is 19.3 Å². The molecule has 0 radical (unpaired) electrons. The lowest BCUT2D eigenvalue weighted by Crippen LogP contribution is -3.13. The Morgan fingerprint density at radius 2 is 1.80 bits per heavy atom. The van der Waals surface area contributed by atoms with Gasteiger partial charge in [-0.25, -0.2) is 0 Å². The van der Waals surface area contributed by atoms with Crippen LogP contribution in [0.5, 0.6) is 11.5 Å². The molecule has 0 spiro atoms. The average Bonchev–Trinajstić information content (AvgIpc) is 2.68. The predicted molar refractivity (Wildman–Crippen MR) is 94.1 cm³/mol. The van der Waals surface area contributed by atoms with E-state index in [0.717, 1.165) is 38.4 Å². The minimum atomic E-state index is 0.0223. The summed E-state index contributed by atoms with van der Waals surface area (Å²) in [7, 11) is 3.17. The lowest BCUT2D eigenvalue weighted by molar-refractivity contribution is -0.917. The van der Waals surface area contributed by atoms with E-state index in [2.05, 4.69) is 4.98 Å². The van der Waals surface area contributed by atoms with Crippen molar-refractivity contribution in [3.63, 3.8) is 0 Å². The van der Waals surface area contributed by atoms with Crippen LogP contribution in [-0.4, -0.2) is 56.2 Å². The van der Waals surface area contributed by atoms with Crippen LogP contribution in [0.1, 0.15) is 16.1 Å². The van der Waals surface area contributed by atoms with Crippen LogP contribution < -0.4 is 14.4 Å². The van der Waals surface area contributed by atoms with Gasteiger partial charge in [0, 0.05) is 17.8 Å². The molecule has 2 aromatic rings. The summed E-state index contributed by atoms with van der Waals surface area (Å²) in [5.74, 6) is 1.28. The van der Waals surface area contributed by atoms with Crippen LogP contribution in [0.25, 0.3) is 0 Å². The molecule has 0 unspecified atom stereocenters. The Morgan fingerprint density at radius 1 is 1.12 bits per heavy atom. The molecular formula is C19H24N3O3+. The van der Waals surface area contributed by atoms with E-state index in [1.807, 2.05) is 29.3 Å². The molecule has 25 heavy (non-hydrogen) atoms. The third-order valence-corrected chi connectivity index (χ3v) is 4.51. The number of carbonyl (C=O) groups excluding carboxylic acids is 1. The third kappa shape index (κ3) is 4.28. The zero-order chi connectivity index (χ0) is 17.6. The molecule has 6 nitrogen and oxygen atoms in total. The number of amides is 1. The molecule has 1 aliphatic rings. The number of piperazine rings is 1. The van der Waals surface area contributed by atoms with Crippen molar-refractivity contribution in [3.8, 4) is 11.5 Å². The fourth-order valence-corrected chi connectivity index (χ4v) is 3.08. The van der Waals surface area contributed by atoms with Gasteiger partial charge in [-0.05, 0) is 24.3 Å². The van der Waals surface area contributed by atoms with E-state index in [1.54, 1.807) is 32.4 Å². The minimum Gasteiger partial charge on any atom is -0.497 e. The summed E-state index contributed by atoms with van der Waals surface area (Å²) in [4.78, 5) is 20.5. The maximum absolute atomic E-state index is 12.8. The van der Waals surface area contributed by atoms with Gasteiger partial charge in [-0.3, -0.25) is 9.78 Å². The molecule has 1 fully saturated rings. The first kappa shape index (κ1) is 17.2. The summed E-state index contributed by atoms with van der Waals surface area (Å²) < 4.78 is 10.5. The molecule has 1 saturated heterocycles. The Labute approximate surface area is 148 Å². The monoisotopic (exact) mass is 342 g/mol. The molecule has 6 heteroatoms. The third-order valence-electron chi connectivity index (χ3n) is 4.51. The highest BCUT2D eigenvalue weighted by Crippen LogP contribution is 2.23. The fourth-order valence-electron chi connectivity index (χ4n) is 3.08. The highest BCUT2D eigenvalue weighted by Gasteiger charge is 2.25. The van der Waals surface area contributed by atoms with Gasteiger partial charge in [0.2, 0.25) is 0 Å². The van der Waals surface area contributed by atoms with Gasteiger partial charge in [0.05, 0.1) is 46.1 Å².